The smallest absolute Gasteiger partial charge is 0.335 e. The lowest BCUT2D eigenvalue weighted by molar-refractivity contribution is -0.138. The molecule has 0 atom stereocenters. The molecule has 0 unspecified atom stereocenters. The third kappa shape index (κ3) is 30.9. The normalized spacial score (nSPS) is 9.84. The second kappa shape index (κ2) is 26.9. The Morgan fingerprint density at radius 3 is 1.45 bits per heavy atom. The minimum absolute atomic E-state index is 0.0788. The van der Waals surface area contributed by atoms with Crippen molar-refractivity contribution in [3.8, 4) is 0 Å². The van der Waals surface area contributed by atoms with Crippen molar-refractivity contribution < 1.29 is 34.5 Å². The van der Waals surface area contributed by atoms with Crippen molar-refractivity contribution in [3.63, 3.8) is 0 Å². The Labute approximate surface area is 228 Å². The average Bonchev–Trinajstić information content (AvgIpc) is 2.85. The molecule has 1 amide bonds. The number of carbonyl (C=O) groups excluding carboxylic acids is 1. The van der Waals surface area contributed by atoms with Gasteiger partial charge in [-0.25, -0.2) is 4.79 Å². The van der Waals surface area contributed by atoms with Gasteiger partial charge in [0.15, 0.2) is 0 Å². The van der Waals surface area contributed by atoms with E-state index < -0.39 is 17.9 Å². The third-order valence-electron chi connectivity index (χ3n) is 5.58. The van der Waals surface area contributed by atoms with Gasteiger partial charge in [-0.1, -0.05) is 90.4 Å². The molecule has 0 saturated heterocycles. The van der Waals surface area contributed by atoms with Crippen LogP contribution in [0.1, 0.15) is 127 Å². The number of aliphatic carboxylic acids is 2. The number of carbonyl (C=O) groups is 4. The van der Waals surface area contributed by atoms with E-state index in [0.717, 1.165) is 19.8 Å². The number of hydrogen-bond donors (Lipinski definition) is 5. The zero-order valence-corrected chi connectivity index (χ0v) is 23.4. The Hall–Kier alpha value is -3.10. The van der Waals surface area contributed by atoms with Crippen molar-refractivity contribution in [3.05, 3.63) is 29.8 Å². The summed E-state index contributed by atoms with van der Waals surface area (Å²) < 4.78 is 0. The van der Waals surface area contributed by atoms with Crippen LogP contribution in [0.15, 0.2) is 24.3 Å². The summed E-state index contributed by atoms with van der Waals surface area (Å²) >= 11 is 0. The molecule has 218 valence electrons. The zero-order chi connectivity index (χ0) is 29.0. The van der Waals surface area contributed by atoms with Crippen molar-refractivity contribution in [2.45, 2.75) is 117 Å². The van der Waals surface area contributed by atoms with E-state index in [9.17, 15) is 14.4 Å². The number of anilines is 1. The van der Waals surface area contributed by atoms with E-state index in [0.29, 0.717) is 12.2 Å². The van der Waals surface area contributed by atoms with Crippen LogP contribution in [0.3, 0.4) is 0 Å². The van der Waals surface area contributed by atoms with Gasteiger partial charge in [-0.15, -0.1) is 0 Å². The summed E-state index contributed by atoms with van der Waals surface area (Å²) in [6, 6.07) is 6.06. The van der Waals surface area contributed by atoms with Crippen LogP contribution >= 0.6 is 0 Å². The van der Waals surface area contributed by atoms with Crippen LogP contribution in [0.5, 0.6) is 0 Å². The highest BCUT2D eigenvalue weighted by Crippen LogP contribution is 2.12. The summed E-state index contributed by atoms with van der Waals surface area (Å²) in [7, 11) is 0. The largest absolute Gasteiger partial charge is 0.481 e. The molecule has 1 aromatic rings. The summed E-state index contributed by atoms with van der Waals surface area (Å²) in [5.41, 5.74) is 6.17. The highest BCUT2D eigenvalue weighted by atomic mass is 16.4. The van der Waals surface area contributed by atoms with E-state index in [1.807, 2.05) is 0 Å². The lowest BCUT2D eigenvalue weighted by Gasteiger charge is -2.05. The number of rotatable bonds is 19. The monoisotopic (exact) mass is 538 g/mol. The van der Waals surface area contributed by atoms with Gasteiger partial charge < -0.3 is 26.4 Å². The number of nitrogens with two attached hydrogens (primary N) is 1. The molecular formula is C29H50N2O7. The minimum Gasteiger partial charge on any atom is -0.481 e. The number of unbranched alkanes of at least 4 members (excludes halogenated alkanes) is 13. The molecule has 9 nitrogen and oxygen atoms in total. The molecule has 1 rings (SSSR count). The fourth-order valence-corrected chi connectivity index (χ4v) is 3.48. The van der Waals surface area contributed by atoms with Crippen LogP contribution in [0.4, 0.5) is 5.69 Å². The van der Waals surface area contributed by atoms with Gasteiger partial charge in [-0.05, 0) is 30.7 Å². The van der Waals surface area contributed by atoms with E-state index in [-0.39, 0.29) is 24.3 Å². The Bertz CT molecular complexity index is 748. The van der Waals surface area contributed by atoms with E-state index in [1.54, 1.807) is 12.1 Å². The summed E-state index contributed by atoms with van der Waals surface area (Å²) in [5, 5.41) is 27.1. The van der Waals surface area contributed by atoms with Crippen molar-refractivity contribution in [1.29, 1.82) is 0 Å². The molecule has 38 heavy (non-hydrogen) atoms. The summed E-state index contributed by atoms with van der Waals surface area (Å²) in [6.45, 7) is 4.02. The third-order valence-corrected chi connectivity index (χ3v) is 5.58. The molecular weight excluding hydrogens is 488 g/mol. The molecule has 0 aliphatic carbocycles. The van der Waals surface area contributed by atoms with Gasteiger partial charge in [0.1, 0.15) is 0 Å². The predicted octanol–water partition coefficient (Wildman–Crippen LogP) is 6.51. The van der Waals surface area contributed by atoms with Gasteiger partial charge in [0.2, 0.25) is 5.91 Å². The van der Waals surface area contributed by atoms with Gasteiger partial charge in [0.05, 0.1) is 12.0 Å². The highest BCUT2D eigenvalue weighted by molar-refractivity contribution is 5.87. The average molecular weight is 539 g/mol. The molecule has 0 aromatic heterocycles. The number of nitrogens with one attached hydrogen (secondary N) is 1. The number of amides is 1. The second-order valence-corrected chi connectivity index (χ2v) is 9.29. The Balaban J connectivity index is 0. The molecule has 0 spiro atoms. The van der Waals surface area contributed by atoms with Crippen molar-refractivity contribution in [1.82, 2.24) is 5.32 Å². The standard InChI is InChI=1S/C20H39NO3.C7H7NO2.C2H4O2/c1-2-3-4-5-6-7-8-9-10-11-12-13-14-15-18-21-19(22)16-17-20(23)24;8-6-3-1-5(2-4-6)7(9)10;1-2(3)4/h2-18H2,1H3,(H,21,22)(H,23,24);1-4H,8H2,(H,9,10);1H3,(H,3,4). The Morgan fingerprint density at radius 2 is 1.08 bits per heavy atom. The maximum Gasteiger partial charge on any atom is 0.335 e. The molecule has 0 aliphatic rings. The van der Waals surface area contributed by atoms with Gasteiger partial charge in [0.25, 0.3) is 5.97 Å². The maximum absolute atomic E-state index is 11.3. The number of carboxylic acids is 3. The molecule has 0 heterocycles. The van der Waals surface area contributed by atoms with Crippen LogP contribution in [0, 0.1) is 0 Å². The first-order valence-corrected chi connectivity index (χ1v) is 13.9. The predicted molar refractivity (Wildman–Crippen MR) is 151 cm³/mol. The zero-order valence-electron chi connectivity index (χ0n) is 23.4. The van der Waals surface area contributed by atoms with Crippen LogP contribution < -0.4 is 11.1 Å². The first-order valence-electron chi connectivity index (χ1n) is 13.9. The van der Waals surface area contributed by atoms with Crippen LogP contribution in [0.25, 0.3) is 0 Å². The first-order chi connectivity index (χ1) is 18.1. The summed E-state index contributed by atoms with van der Waals surface area (Å²) in [5.74, 6) is -2.83. The highest BCUT2D eigenvalue weighted by Gasteiger charge is 2.04. The quantitative estimate of drug-likeness (QED) is 0.0981. The van der Waals surface area contributed by atoms with Crippen molar-refractivity contribution >= 4 is 29.5 Å². The second-order valence-electron chi connectivity index (χ2n) is 9.29. The molecule has 1 aromatic carbocycles. The number of carboxylic acid groups (broad SMARTS) is 3. The lowest BCUT2D eigenvalue weighted by Crippen LogP contribution is -2.24. The number of nitrogen functional groups attached to an aromatic ring is 1. The minimum atomic E-state index is -0.931. The molecule has 9 heteroatoms. The maximum atomic E-state index is 11.3. The molecule has 6 N–H and O–H groups in total. The molecule has 0 aliphatic heterocycles. The number of benzene rings is 1. The van der Waals surface area contributed by atoms with Crippen LogP contribution in [-0.4, -0.2) is 45.7 Å². The first kappa shape index (κ1) is 37.1. The van der Waals surface area contributed by atoms with Crippen molar-refractivity contribution in [2.75, 3.05) is 12.3 Å². The Morgan fingerprint density at radius 1 is 0.684 bits per heavy atom. The van der Waals surface area contributed by atoms with Gasteiger partial charge in [-0.3, -0.25) is 14.4 Å². The van der Waals surface area contributed by atoms with E-state index in [4.69, 9.17) is 25.8 Å². The Kier molecular flexibility index (Phi) is 26.3. The fourth-order valence-electron chi connectivity index (χ4n) is 3.48. The SMILES string of the molecule is CC(=O)O.CCCCCCCCCCCCCCCCNC(=O)CCC(=O)O.Nc1ccc(C(=O)O)cc1. The fraction of sp³-hybridized carbons (Fsp3) is 0.655. The van der Waals surface area contributed by atoms with E-state index in [2.05, 4.69) is 12.2 Å². The van der Waals surface area contributed by atoms with Crippen LogP contribution in [-0.2, 0) is 14.4 Å². The molecule has 0 fully saturated rings. The number of hydrogen-bond acceptors (Lipinski definition) is 5. The number of aromatic carboxylic acids is 1. The topological polar surface area (TPSA) is 167 Å². The molecule has 0 radical (unpaired) electrons. The van der Waals surface area contributed by atoms with E-state index >= 15 is 0 Å². The molecule has 0 bridgehead atoms. The van der Waals surface area contributed by atoms with Crippen LogP contribution in [0.2, 0.25) is 0 Å². The lowest BCUT2D eigenvalue weighted by atomic mass is 10.0. The van der Waals surface area contributed by atoms with E-state index in [1.165, 1.54) is 89.2 Å². The van der Waals surface area contributed by atoms with Gasteiger partial charge in [0, 0.05) is 25.6 Å². The van der Waals surface area contributed by atoms with Crippen molar-refractivity contribution in [2.24, 2.45) is 0 Å². The van der Waals surface area contributed by atoms with Gasteiger partial charge in [-0.2, -0.15) is 0 Å². The molecule has 0 saturated carbocycles. The summed E-state index contributed by atoms with van der Waals surface area (Å²) in [6.07, 6.45) is 18.5. The summed E-state index contributed by atoms with van der Waals surface area (Å²) in [4.78, 5) is 40.9. The van der Waals surface area contributed by atoms with Gasteiger partial charge >= 0.3 is 11.9 Å².